The fraction of sp³-hybridized carbons (Fsp3) is 0. The predicted molar refractivity (Wildman–Crippen MR) is 250 cm³/mol. The fourth-order valence-electron chi connectivity index (χ4n) is 8.83. The minimum atomic E-state index is 0.625. The molecule has 0 aliphatic heterocycles. The molecule has 12 aromatic rings. The second-order valence-corrected chi connectivity index (χ2v) is 15.4. The molecule has 0 atom stereocenters. The van der Waals surface area contributed by atoms with Gasteiger partial charge in [-0.25, -0.2) is 19.9 Å². The Kier molecular flexibility index (Phi) is 7.82. The van der Waals surface area contributed by atoms with Crippen LogP contribution in [-0.4, -0.2) is 19.9 Å². The highest BCUT2D eigenvalue weighted by atomic mass is 15.0. The number of pyridine rings is 1. The van der Waals surface area contributed by atoms with Crippen molar-refractivity contribution in [1.82, 2.24) is 19.9 Å². The summed E-state index contributed by atoms with van der Waals surface area (Å²) in [5, 5.41) is 12.9. The lowest BCUT2D eigenvalue weighted by Crippen LogP contribution is -2.00. The van der Waals surface area contributed by atoms with Gasteiger partial charge in [0.25, 0.3) is 0 Å². The van der Waals surface area contributed by atoms with Gasteiger partial charge in [-0.15, -0.1) is 0 Å². The van der Waals surface area contributed by atoms with Crippen molar-refractivity contribution >= 4 is 64.8 Å². The van der Waals surface area contributed by atoms with Crippen LogP contribution in [0.2, 0.25) is 0 Å². The van der Waals surface area contributed by atoms with Crippen molar-refractivity contribution in [2.75, 3.05) is 0 Å². The summed E-state index contributed by atoms with van der Waals surface area (Å²) in [6.45, 7) is 0. The lowest BCUT2D eigenvalue weighted by molar-refractivity contribution is 1.08. The maximum Gasteiger partial charge on any atom is 0.164 e. The molecule has 10 aromatic carbocycles. The molecule has 0 unspecified atom stereocenters. The molecule has 60 heavy (non-hydrogen) atoms. The number of hydrogen-bond acceptors (Lipinski definition) is 4. The normalized spacial score (nSPS) is 11.7. The molecule has 0 fully saturated rings. The minimum absolute atomic E-state index is 0.625. The maximum atomic E-state index is 5.35. The van der Waals surface area contributed by atoms with Crippen LogP contribution < -0.4 is 0 Å². The van der Waals surface area contributed by atoms with Crippen molar-refractivity contribution in [1.29, 1.82) is 0 Å². The topological polar surface area (TPSA) is 51.6 Å². The van der Waals surface area contributed by atoms with E-state index in [9.17, 15) is 0 Å². The molecular formula is C56H34N4. The number of fused-ring (bicyclic) bond motifs is 8. The Hall–Kier alpha value is -8.08. The molecule has 0 bridgehead atoms. The summed E-state index contributed by atoms with van der Waals surface area (Å²) in [5.41, 5.74) is 8.12. The van der Waals surface area contributed by atoms with E-state index in [4.69, 9.17) is 19.9 Å². The first kappa shape index (κ1) is 34.0. The second-order valence-electron chi connectivity index (χ2n) is 15.4. The summed E-state index contributed by atoms with van der Waals surface area (Å²) in [7, 11) is 0. The van der Waals surface area contributed by atoms with Gasteiger partial charge in [0.05, 0.1) is 11.2 Å². The zero-order valence-electron chi connectivity index (χ0n) is 32.4. The van der Waals surface area contributed by atoms with E-state index in [1.165, 1.54) is 37.7 Å². The molecule has 12 rings (SSSR count). The maximum absolute atomic E-state index is 5.35. The fourth-order valence-corrected chi connectivity index (χ4v) is 8.83. The van der Waals surface area contributed by atoms with E-state index in [1.54, 1.807) is 0 Å². The van der Waals surface area contributed by atoms with Gasteiger partial charge in [-0.3, -0.25) is 0 Å². The molecule has 0 spiro atoms. The molecule has 0 N–H and O–H groups in total. The van der Waals surface area contributed by atoms with Gasteiger partial charge in [0.1, 0.15) is 0 Å². The van der Waals surface area contributed by atoms with Crippen molar-refractivity contribution in [2.45, 2.75) is 0 Å². The Morgan fingerprint density at radius 3 is 1.25 bits per heavy atom. The molecular weight excluding hydrogens is 729 g/mol. The summed E-state index contributed by atoms with van der Waals surface area (Å²) in [5.74, 6) is 1.90. The van der Waals surface area contributed by atoms with E-state index in [2.05, 4.69) is 206 Å². The van der Waals surface area contributed by atoms with E-state index < -0.39 is 0 Å². The molecule has 4 nitrogen and oxygen atoms in total. The third kappa shape index (κ3) is 5.77. The van der Waals surface area contributed by atoms with E-state index in [0.717, 1.165) is 66.1 Å². The van der Waals surface area contributed by atoms with Gasteiger partial charge in [0.15, 0.2) is 17.5 Å². The van der Waals surface area contributed by atoms with E-state index in [1.807, 2.05) is 0 Å². The van der Waals surface area contributed by atoms with Gasteiger partial charge in [0, 0.05) is 38.4 Å². The van der Waals surface area contributed by atoms with Gasteiger partial charge in [-0.05, 0) is 84.5 Å². The number of rotatable bonds is 5. The standard InChI is InChI=1S/C56H34N4/c1-4-14-40-31-43(28-21-35(40)11-1)53-50-34-49(46-17-7-8-18-47(46)52(50)48-19-9-10-20-51(48)57-53)38-24-26-39(27-25-38)54-58-55(44-29-22-36-12-2-5-15-41(36)32-44)60-56(59-54)45-30-23-37-13-3-6-16-42(37)33-45/h1-34H. The van der Waals surface area contributed by atoms with Gasteiger partial charge >= 0.3 is 0 Å². The van der Waals surface area contributed by atoms with Crippen molar-refractivity contribution in [2.24, 2.45) is 0 Å². The molecule has 0 saturated heterocycles. The summed E-state index contributed by atoms with van der Waals surface area (Å²) in [6, 6.07) is 73.0. The summed E-state index contributed by atoms with van der Waals surface area (Å²) >= 11 is 0. The summed E-state index contributed by atoms with van der Waals surface area (Å²) in [6.07, 6.45) is 0. The smallest absolute Gasteiger partial charge is 0.164 e. The second kappa shape index (κ2) is 13.8. The number of aromatic nitrogens is 4. The average Bonchev–Trinajstić information content (AvgIpc) is 3.32. The van der Waals surface area contributed by atoms with Crippen molar-refractivity contribution in [3.8, 4) is 56.5 Å². The van der Waals surface area contributed by atoms with E-state index >= 15 is 0 Å². The largest absolute Gasteiger partial charge is 0.247 e. The zero-order valence-corrected chi connectivity index (χ0v) is 32.4. The molecule has 0 radical (unpaired) electrons. The van der Waals surface area contributed by atoms with Crippen LogP contribution in [0.5, 0.6) is 0 Å². The first-order valence-corrected chi connectivity index (χ1v) is 20.3. The zero-order chi connectivity index (χ0) is 39.6. The molecule has 4 heteroatoms. The Bertz CT molecular complexity index is 3570. The van der Waals surface area contributed by atoms with Crippen molar-refractivity contribution < 1.29 is 0 Å². The first-order valence-electron chi connectivity index (χ1n) is 20.3. The minimum Gasteiger partial charge on any atom is -0.247 e. The van der Waals surface area contributed by atoms with Crippen molar-refractivity contribution in [3.63, 3.8) is 0 Å². The van der Waals surface area contributed by atoms with Gasteiger partial charge in [-0.1, -0.05) is 176 Å². The van der Waals surface area contributed by atoms with Crippen LogP contribution >= 0.6 is 0 Å². The van der Waals surface area contributed by atoms with Gasteiger partial charge < -0.3 is 0 Å². The highest BCUT2D eigenvalue weighted by Gasteiger charge is 2.18. The highest BCUT2D eigenvalue weighted by Crippen LogP contribution is 2.42. The van der Waals surface area contributed by atoms with Gasteiger partial charge in [-0.2, -0.15) is 0 Å². The van der Waals surface area contributed by atoms with Gasteiger partial charge in [0.2, 0.25) is 0 Å². The van der Waals surface area contributed by atoms with Crippen molar-refractivity contribution in [3.05, 3.63) is 206 Å². The summed E-state index contributed by atoms with van der Waals surface area (Å²) in [4.78, 5) is 20.7. The monoisotopic (exact) mass is 762 g/mol. The quantitative estimate of drug-likeness (QED) is 0.164. The Labute approximate surface area is 346 Å². The lowest BCUT2D eigenvalue weighted by atomic mass is 9.89. The molecule has 278 valence electrons. The van der Waals surface area contributed by atoms with E-state index in [0.29, 0.717) is 17.5 Å². The van der Waals surface area contributed by atoms with Crippen LogP contribution in [0.3, 0.4) is 0 Å². The van der Waals surface area contributed by atoms with Crippen LogP contribution in [0.1, 0.15) is 0 Å². The molecule has 0 aliphatic rings. The van der Waals surface area contributed by atoms with Crippen LogP contribution in [0, 0.1) is 0 Å². The molecule has 0 aliphatic carbocycles. The Morgan fingerprint density at radius 1 is 0.250 bits per heavy atom. The summed E-state index contributed by atoms with van der Waals surface area (Å²) < 4.78 is 0. The third-order valence-electron chi connectivity index (χ3n) is 11.8. The van der Waals surface area contributed by atoms with Crippen LogP contribution in [0.25, 0.3) is 121 Å². The molecule has 0 saturated carbocycles. The number of benzene rings is 10. The Morgan fingerprint density at radius 2 is 0.667 bits per heavy atom. The Balaban J connectivity index is 1.03. The SMILES string of the molecule is c1ccc2cc(-c3nc(-c4ccc(-c5cc6c(-c7ccc8ccccc8c7)nc7ccccc7c6c6ccccc56)cc4)nc(-c4ccc5ccccc5c4)n3)ccc2c1. The lowest BCUT2D eigenvalue weighted by Gasteiger charge is -2.16. The highest BCUT2D eigenvalue weighted by molar-refractivity contribution is 6.25. The average molecular weight is 763 g/mol. The van der Waals surface area contributed by atoms with Crippen LogP contribution in [-0.2, 0) is 0 Å². The van der Waals surface area contributed by atoms with Crippen LogP contribution in [0.4, 0.5) is 0 Å². The van der Waals surface area contributed by atoms with Crippen LogP contribution in [0.15, 0.2) is 206 Å². The number of hydrogen-bond donors (Lipinski definition) is 0. The van der Waals surface area contributed by atoms with E-state index in [-0.39, 0.29) is 0 Å². The number of nitrogens with zero attached hydrogens (tertiary/aromatic N) is 4. The third-order valence-corrected chi connectivity index (χ3v) is 11.8. The first-order chi connectivity index (χ1) is 29.7. The number of para-hydroxylation sites is 1. The molecule has 0 amide bonds. The molecule has 2 heterocycles. The predicted octanol–water partition coefficient (Wildman–Crippen LogP) is 14.5. The molecule has 2 aromatic heterocycles.